The van der Waals surface area contributed by atoms with Crippen LogP contribution < -0.4 is 5.32 Å². The minimum absolute atomic E-state index is 0.125. The Morgan fingerprint density at radius 3 is 2.62 bits per heavy atom. The summed E-state index contributed by atoms with van der Waals surface area (Å²) in [6.45, 7) is 11.1. The molecule has 0 aromatic carbocycles. The van der Waals surface area contributed by atoms with Gasteiger partial charge in [-0.3, -0.25) is 9.48 Å². The van der Waals surface area contributed by atoms with Crippen molar-refractivity contribution in [2.45, 2.75) is 83.9 Å². The number of rotatable bonds is 7. The number of aliphatic hydroxyl groups is 1. The summed E-state index contributed by atoms with van der Waals surface area (Å²) in [5.74, 6) is -0.189. The van der Waals surface area contributed by atoms with E-state index >= 15 is 0 Å². The topological polar surface area (TPSA) is 67.2 Å². The zero-order valence-electron chi connectivity index (χ0n) is 16.7. The molecule has 1 aromatic heterocycles. The van der Waals surface area contributed by atoms with Gasteiger partial charge in [0.25, 0.3) is 5.91 Å². The molecule has 1 heterocycles. The third kappa shape index (κ3) is 4.44. The Balaban J connectivity index is 2.30. The Morgan fingerprint density at radius 2 is 2.04 bits per heavy atom. The lowest BCUT2D eigenvalue weighted by molar-refractivity contribution is 0.0778. The van der Waals surface area contributed by atoms with Gasteiger partial charge in [0, 0.05) is 12.0 Å². The first kappa shape index (κ1) is 20.4. The van der Waals surface area contributed by atoms with Crippen LogP contribution in [0.5, 0.6) is 0 Å². The van der Waals surface area contributed by atoms with Crippen molar-refractivity contribution in [1.82, 2.24) is 15.1 Å². The molecule has 0 fully saturated rings. The van der Waals surface area contributed by atoms with Crippen LogP contribution in [-0.4, -0.2) is 32.4 Å². The summed E-state index contributed by atoms with van der Waals surface area (Å²) < 4.78 is 1.82. The van der Waals surface area contributed by atoms with Crippen LogP contribution in [0, 0.1) is 0 Å². The lowest BCUT2D eigenvalue weighted by Crippen LogP contribution is -2.55. The van der Waals surface area contributed by atoms with Gasteiger partial charge in [0.1, 0.15) is 5.69 Å². The molecule has 1 amide bonds. The second-order valence-electron chi connectivity index (χ2n) is 8.13. The summed E-state index contributed by atoms with van der Waals surface area (Å²) in [5, 5.41) is 18.2. The molecule has 2 rings (SSSR count). The Bertz CT molecular complexity index is 682. The van der Waals surface area contributed by atoms with E-state index in [1.54, 1.807) is 12.2 Å². The van der Waals surface area contributed by atoms with Gasteiger partial charge in [-0.05, 0) is 18.9 Å². The molecule has 0 bridgehead atoms. The first-order chi connectivity index (χ1) is 12.2. The lowest BCUT2D eigenvalue weighted by atomic mass is 9.85. The van der Waals surface area contributed by atoms with E-state index in [4.69, 9.17) is 5.10 Å². The molecule has 1 unspecified atom stereocenters. The second-order valence-corrected chi connectivity index (χ2v) is 8.13. The summed E-state index contributed by atoms with van der Waals surface area (Å²) >= 11 is 0. The van der Waals surface area contributed by atoms with Crippen LogP contribution in [0.2, 0.25) is 0 Å². The zero-order chi connectivity index (χ0) is 19.4. The molecule has 0 saturated carbocycles. The molecule has 5 nitrogen and oxygen atoms in total. The predicted octanol–water partition coefficient (Wildman–Crippen LogP) is 3.74. The molecule has 5 heteroatoms. The predicted molar refractivity (Wildman–Crippen MR) is 105 cm³/mol. The summed E-state index contributed by atoms with van der Waals surface area (Å²) in [6.07, 6.45) is 10.4. The van der Waals surface area contributed by atoms with Crippen molar-refractivity contribution in [3.63, 3.8) is 0 Å². The van der Waals surface area contributed by atoms with Crippen LogP contribution >= 0.6 is 0 Å². The Labute approximate surface area is 157 Å². The van der Waals surface area contributed by atoms with Crippen LogP contribution in [0.4, 0.5) is 0 Å². The number of unbranched alkanes of at least 4 members (excludes halogenated alkanes) is 2. The molecule has 1 aliphatic carbocycles. The van der Waals surface area contributed by atoms with Crippen LogP contribution in [0.25, 0.3) is 0 Å². The van der Waals surface area contributed by atoms with Crippen molar-refractivity contribution in [2.75, 3.05) is 0 Å². The highest BCUT2D eigenvalue weighted by atomic mass is 16.3. The van der Waals surface area contributed by atoms with Crippen LogP contribution in [-0.2, 0) is 12.0 Å². The van der Waals surface area contributed by atoms with Crippen molar-refractivity contribution < 1.29 is 9.90 Å². The van der Waals surface area contributed by atoms with Crippen molar-refractivity contribution in [3.8, 4) is 0 Å². The molecule has 0 saturated heterocycles. The van der Waals surface area contributed by atoms with Gasteiger partial charge in [0.15, 0.2) is 0 Å². The fraction of sp³-hybridized carbons (Fsp3) is 0.619. The first-order valence-corrected chi connectivity index (χ1v) is 9.68. The standard InChI is InChI=1S/C21H33N3O2/c1-6-8-11-14-24-16(15-17(23-24)20(3,4)5)19(26)22-21(7-2)13-10-9-12-18(21)25/h9-10,12-13,15,18,25H,6-8,11,14H2,1-5H3,(H,22,26)/t18?,21-/m1/s1. The van der Waals surface area contributed by atoms with Gasteiger partial charge in [-0.1, -0.05) is 71.8 Å². The average Bonchev–Trinajstić information content (AvgIpc) is 3.02. The molecule has 1 aliphatic rings. The maximum Gasteiger partial charge on any atom is 0.270 e. The Kier molecular flexibility index (Phi) is 6.45. The minimum atomic E-state index is -0.772. The van der Waals surface area contributed by atoms with Crippen LogP contribution in [0.15, 0.2) is 30.4 Å². The molecule has 0 radical (unpaired) electrons. The second kappa shape index (κ2) is 8.21. The van der Waals surface area contributed by atoms with Gasteiger partial charge in [-0.25, -0.2) is 0 Å². The molecule has 1 aromatic rings. The third-order valence-corrected chi connectivity index (χ3v) is 5.01. The first-order valence-electron chi connectivity index (χ1n) is 9.68. The van der Waals surface area contributed by atoms with Gasteiger partial charge in [0.2, 0.25) is 0 Å². The van der Waals surface area contributed by atoms with E-state index in [-0.39, 0.29) is 11.3 Å². The van der Waals surface area contributed by atoms with Crippen LogP contribution in [0.1, 0.15) is 76.5 Å². The summed E-state index contributed by atoms with van der Waals surface area (Å²) in [4.78, 5) is 13.1. The maximum atomic E-state index is 13.1. The number of amides is 1. The molecule has 26 heavy (non-hydrogen) atoms. The molecule has 0 aliphatic heterocycles. The number of hydrogen-bond donors (Lipinski definition) is 2. The SMILES string of the molecule is CCCCCn1nc(C(C)(C)C)cc1C(=O)N[C@]1(CC)C=CC=CC1O. The number of nitrogens with one attached hydrogen (secondary N) is 1. The molecule has 144 valence electrons. The van der Waals surface area contributed by atoms with Crippen molar-refractivity contribution >= 4 is 5.91 Å². The number of nitrogens with zero attached hydrogens (tertiary/aromatic N) is 2. The van der Waals surface area contributed by atoms with Gasteiger partial charge in [-0.15, -0.1) is 0 Å². The number of carbonyl (C=O) groups is 1. The van der Waals surface area contributed by atoms with Gasteiger partial charge >= 0.3 is 0 Å². The van der Waals surface area contributed by atoms with Gasteiger partial charge in [-0.2, -0.15) is 5.10 Å². The minimum Gasteiger partial charge on any atom is -0.386 e. The highest BCUT2D eigenvalue weighted by molar-refractivity contribution is 5.93. The fourth-order valence-corrected chi connectivity index (χ4v) is 3.12. The van der Waals surface area contributed by atoms with Crippen molar-refractivity contribution in [3.05, 3.63) is 41.8 Å². The number of allylic oxidation sites excluding steroid dienone is 2. The molecular formula is C21H33N3O2. The number of carbonyl (C=O) groups excluding carboxylic acids is 1. The Morgan fingerprint density at radius 1 is 1.31 bits per heavy atom. The molecular weight excluding hydrogens is 326 g/mol. The molecule has 0 spiro atoms. The fourth-order valence-electron chi connectivity index (χ4n) is 3.12. The van der Waals surface area contributed by atoms with E-state index in [2.05, 4.69) is 33.0 Å². The average molecular weight is 360 g/mol. The quantitative estimate of drug-likeness (QED) is 0.729. The summed E-state index contributed by atoms with van der Waals surface area (Å²) in [5.41, 5.74) is 0.575. The monoisotopic (exact) mass is 359 g/mol. The normalized spacial score (nSPS) is 22.6. The van der Waals surface area contributed by atoms with Crippen molar-refractivity contribution in [2.24, 2.45) is 0 Å². The van der Waals surface area contributed by atoms with Gasteiger partial charge < -0.3 is 10.4 Å². The molecule has 2 N–H and O–H groups in total. The van der Waals surface area contributed by atoms with E-state index in [0.29, 0.717) is 12.1 Å². The smallest absolute Gasteiger partial charge is 0.270 e. The van der Waals surface area contributed by atoms with E-state index in [1.807, 2.05) is 29.8 Å². The van der Waals surface area contributed by atoms with Gasteiger partial charge in [0.05, 0.1) is 17.3 Å². The van der Waals surface area contributed by atoms with E-state index in [9.17, 15) is 9.90 Å². The maximum absolute atomic E-state index is 13.1. The lowest BCUT2D eigenvalue weighted by Gasteiger charge is -2.35. The molecule has 2 atom stereocenters. The highest BCUT2D eigenvalue weighted by Crippen LogP contribution is 2.25. The van der Waals surface area contributed by atoms with E-state index in [0.717, 1.165) is 31.5 Å². The third-order valence-electron chi connectivity index (χ3n) is 5.01. The highest BCUT2D eigenvalue weighted by Gasteiger charge is 2.36. The number of aryl methyl sites for hydroxylation is 1. The largest absolute Gasteiger partial charge is 0.386 e. The summed E-state index contributed by atoms with van der Waals surface area (Å²) in [7, 11) is 0. The number of hydrogen-bond acceptors (Lipinski definition) is 3. The van der Waals surface area contributed by atoms with E-state index < -0.39 is 11.6 Å². The summed E-state index contributed by atoms with van der Waals surface area (Å²) in [6, 6.07) is 1.89. The number of aliphatic hydroxyl groups excluding tert-OH is 1. The van der Waals surface area contributed by atoms with E-state index in [1.165, 1.54) is 0 Å². The zero-order valence-corrected chi connectivity index (χ0v) is 16.7. The number of aromatic nitrogens is 2. The van der Waals surface area contributed by atoms with Crippen LogP contribution in [0.3, 0.4) is 0 Å². The Hall–Kier alpha value is -1.88. The van der Waals surface area contributed by atoms with Crippen molar-refractivity contribution in [1.29, 1.82) is 0 Å².